The average Bonchev–Trinajstić information content (AvgIpc) is 2.78. The van der Waals surface area contributed by atoms with Crippen LogP contribution in [0.3, 0.4) is 0 Å². The van der Waals surface area contributed by atoms with E-state index in [4.69, 9.17) is 5.73 Å². The van der Waals surface area contributed by atoms with Crippen LogP contribution < -0.4 is 5.73 Å². The molecule has 108 valence electrons. The number of nitrogens with two attached hydrogens (primary N) is 1. The summed E-state index contributed by atoms with van der Waals surface area (Å²) < 4.78 is 2.78. The number of hydrogen-bond acceptors (Lipinski definition) is 4. The van der Waals surface area contributed by atoms with E-state index in [-0.39, 0.29) is 5.41 Å². The maximum absolute atomic E-state index is 6.01. The number of rotatable bonds is 3. The third-order valence-corrected chi connectivity index (χ3v) is 3.72. The lowest BCUT2D eigenvalue weighted by Gasteiger charge is -2.18. The molecule has 0 fully saturated rings. The Morgan fingerprint density at radius 2 is 2.00 bits per heavy atom. The molecule has 0 aliphatic heterocycles. The Bertz CT molecular complexity index is 613. The largest absolute Gasteiger partial charge is 0.398 e. The van der Waals surface area contributed by atoms with E-state index in [9.17, 15) is 0 Å². The Labute approximate surface area is 127 Å². The fourth-order valence-corrected chi connectivity index (χ4v) is 2.40. The number of anilines is 1. The lowest BCUT2D eigenvalue weighted by atomic mass is 9.92. The molecule has 2 rings (SSSR count). The highest BCUT2D eigenvalue weighted by Crippen LogP contribution is 2.30. The standard InChI is InChI=1S/C14H20BrN5/c1-9-11(7-10(15)8-12(9)16)13-17-18-19-20(13)6-5-14(2,3)4/h7-8H,5-6,16H2,1-4H3. The van der Waals surface area contributed by atoms with Gasteiger partial charge in [-0.1, -0.05) is 36.7 Å². The van der Waals surface area contributed by atoms with Crippen LogP contribution in [0.1, 0.15) is 32.8 Å². The van der Waals surface area contributed by atoms with Gasteiger partial charge in [0.05, 0.1) is 0 Å². The zero-order chi connectivity index (χ0) is 14.9. The van der Waals surface area contributed by atoms with Crippen molar-refractivity contribution in [2.75, 3.05) is 5.73 Å². The lowest BCUT2D eigenvalue weighted by molar-refractivity contribution is 0.340. The highest BCUT2D eigenvalue weighted by atomic mass is 79.9. The molecule has 1 aromatic carbocycles. The molecule has 2 aromatic rings. The Kier molecular flexibility index (Phi) is 4.13. The molecule has 2 N–H and O–H groups in total. The normalized spacial score (nSPS) is 11.8. The Balaban J connectivity index is 2.37. The second-order valence-electron chi connectivity index (χ2n) is 6.20. The summed E-state index contributed by atoms with van der Waals surface area (Å²) in [5, 5.41) is 12.1. The third-order valence-electron chi connectivity index (χ3n) is 3.26. The van der Waals surface area contributed by atoms with E-state index in [1.54, 1.807) is 0 Å². The summed E-state index contributed by atoms with van der Waals surface area (Å²) in [7, 11) is 0. The molecule has 0 spiro atoms. The van der Waals surface area contributed by atoms with Crippen LogP contribution in [0.25, 0.3) is 11.4 Å². The zero-order valence-corrected chi connectivity index (χ0v) is 13.9. The molecule has 6 heteroatoms. The summed E-state index contributed by atoms with van der Waals surface area (Å²) in [6.07, 6.45) is 1.01. The van der Waals surface area contributed by atoms with E-state index in [0.29, 0.717) is 0 Å². The van der Waals surface area contributed by atoms with Crippen molar-refractivity contribution in [3.8, 4) is 11.4 Å². The molecule has 1 aromatic heterocycles. The predicted molar refractivity (Wildman–Crippen MR) is 84.2 cm³/mol. The van der Waals surface area contributed by atoms with Gasteiger partial charge in [-0.3, -0.25) is 0 Å². The van der Waals surface area contributed by atoms with Crippen LogP contribution in [0.15, 0.2) is 16.6 Å². The fourth-order valence-electron chi connectivity index (χ4n) is 1.92. The van der Waals surface area contributed by atoms with Crippen molar-refractivity contribution >= 4 is 21.6 Å². The minimum atomic E-state index is 0.245. The zero-order valence-electron chi connectivity index (χ0n) is 12.3. The van der Waals surface area contributed by atoms with Gasteiger partial charge in [-0.15, -0.1) is 5.10 Å². The lowest BCUT2D eigenvalue weighted by Crippen LogP contribution is -2.12. The molecular weight excluding hydrogens is 318 g/mol. The molecule has 5 nitrogen and oxygen atoms in total. The molecule has 20 heavy (non-hydrogen) atoms. The number of aromatic nitrogens is 4. The van der Waals surface area contributed by atoms with Gasteiger partial charge in [0.25, 0.3) is 0 Å². The van der Waals surface area contributed by atoms with Crippen LogP contribution in [0, 0.1) is 12.3 Å². The number of nitrogen functional groups attached to an aromatic ring is 1. The first-order valence-electron chi connectivity index (χ1n) is 6.60. The van der Waals surface area contributed by atoms with Crippen molar-refractivity contribution in [1.82, 2.24) is 20.2 Å². The SMILES string of the molecule is Cc1c(N)cc(Br)cc1-c1nnnn1CCC(C)(C)C. The Morgan fingerprint density at radius 3 is 2.65 bits per heavy atom. The van der Waals surface area contributed by atoms with Gasteiger partial charge in [0.1, 0.15) is 0 Å². The molecule has 0 radical (unpaired) electrons. The van der Waals surface area contributed by atoms with Gasteiger partial charge in [0.2, 0.25) is 0 Å². The fraction of sp³-hybridized carbons (Fsp3) is 0.500. The highest BCUT2D eigenvalue weighted by molar-refractivity contribution is 9.10. The number of halogens is 1. The third kappa shape index (κ3) is 3.36. The van der Waals surface area contributed by atoms with E-state index in [2.05, 4.69) is 52.2 Å². The maximum Gasteiger partial charge on any atom is 0.182 e. The van der Waals surface area contributed by atoms with Crippen LogP contribution in [-0.4, -0.2) is 20.2 Å². The molecular formula is C14H20BrN5. The van der Waals surface area contributed by atoms with Crippen LogP contribution in [0.4, 0.5) is 5.69 Å². The van der Waals surface area contributed by atoms with Crippen molar-refractivity contribution < 1.29 is 0 Å². The van der Waals surface area contributed by atoms with Crippen LogP contribution >= 0.6 is 15.9 Å². The number of benzene rings is 1. The minimum Gasteiger partial charge on any atom is -0.398 e. The number of aryl methyl sites for hydroxylation is 1. The van der Waals surface area contributed by atoms with E-state index in [1.165, 1.54) is 0 Å². The maximum atomic E-state index is 6.01. The van der Waals surface area contributed by atoms with Gasteiger partial charge in [-0.2, -0.15) is 0 Å². The molecule has 0 aliphatic rings. The monoisotopic (exact) mass is 337 g/mol. The number of hydrogen-bond donors (Lipinski definition) is 1. The van der Waals surface area contributed by atoms with Gasteiger partial charge >= 0.3 is 0 Å². The first kappa shape index (κ1) is 15.0. The average molecular weight is 338 g/mol. The van der Waals surface area contributed by atoms with Gasteiger partial charge in [-0.25, -0.2) is 4.68 Å². The Hall–Kier alpha value is -1.43. The predicted octanol–water partition coefficient (Wildman–Crippen LogP) is 3.43. The van der Waals surface area contributed by atoms with E-state index in [0.717, 1.165) is 40.1 Å². The highest BCUT2D eigenvalue weighted by Gasteiger charge is 2.16. The van der Waals surface area contributed by atoms with Gasteiger partial charge < -0.3 is 5.73 Å². The van der Waals surface area contributed by atoms with E-state index >= 15 is 0 Å². The Morgan fingerprint density at radius 1 is 1.30 bits per heavy atom. The molecule has 0 atom stereocenters. The molecule has 0 saturated carbocycles. The summed E-state index contributed by atoms with van der Waals surface area (Å²) in [5.41, 5.74) is 8.96. The molecule has 0 saturated heterocycles. The van der Waals surface area contributed by atoms with Crippen molar-refractivity contribution in [3.63, 3.8) is 0 Å². The van der Waals surface area contributed by atoms with Gasteiger partial charge in [0.15, 0.2) is 5.82 Å². The summed E-state index contributed by atoms with van der Waals surface area (Å²) in [4.78, 5) is 0. The smallest absolute Gasteiger partial charge is 0.182 e. The van der Waals surface area contributed by atoms with Gasteiger partial charge in [-0.05, 0) is 46.9 Å². The van der Waals surface area contributed by atoms with E-state index in [1.807, 2.05) is 23.7 Å². The first-order valence-corrected chi connectivity index (χ1v) is 7.39. The quantitative estimate of drug-likeness (QED) is 0.871. The molecule has 0 aliphatic carbocycles. The minimum absolute atomic E-state index is 0.245. The summed E-state index contributed by atoms with van der Waals surface area (Å²) in [6.45, 7) is 9.40. The van der Waals surface area contributed by atoms with Crippen LogP contribution in [0.5, 0.6) is 0 Å². The van der Waals surface area contributed by atoms with Crippen molar-refractivity contribution in [1.29, 1.82) is 0 Å². The molecule has 1 heterocycles. The second kappa shape index (κ2) is 5.52. The summed E-state index contributed by atoms with van der Waals surface area (Å²) in [5.74, 6) is 0.764. The summed E-state index contributed by atoms with van der Waals surface area (Å²) in [6, 6.07) is 3.90. The first-order chi connectivity index (χ1) is 9.28. The topological polar surface area (TPSA) is 69.6 Å². The van der Waals surface area contributed by atoms with Crippen molar-refractivity contribution in [3.05, 3.63) is 22.2 Å². The second-order valence-corrected chi connectivity index (χ2v) is 7.12. The van der Waals surface area contributed by atoms with E-state index < -0.39 is 0 Å². The van der Waals surface area contributed by atoms with Gasteiger partial charge in [0, 0.05) is 22.3 Å². The number of nitrogens with zero attached hydrogens (tertiary/aromatic N) is 4. The van der Waals surface area contributed by atoms with Crippen molar-refractivity contribution in [2.45, 2.75) is 40.7 Å². The molecule has 0 amide bonds. The molecule has 0 bridgehead atoms. The molecule has 0 unspecified atom stereocenters. The van der Waals surface area contributed by atoms with Crippen LogP contribution in [-0.2, 0) is 6.54 Å². The number of tetrazole rings is 1. The van der Waals surface area contributed by atoms with Crippen molar-refractivity contribution in [2.24, 2.45) is 5.41 Å². The van der Waals surface area contributed by atoms with Crippen LogP contribution in [0.2, 0.25) is 0 Å². The summed E-state index contributed by atoms with van der Waals surface area (Å²) >= 11 is 3.47.